The van der Waals surface area contributed by atoms with Crippen LogP contribution >= 0.6 is 11.6 Å². The van der Waals surface area contributed by atoms with E-state index in [0.29, 0.717) is 34.1 Å². The van der Waals surface area contributed by atoms with Crippen LogP contribution in [-0.4, -0.2) is 18.4 Å². The number of para-hydroxylation sites is 1. The molecule has 1 aliphatic rings. The van der Waals surface area contributed by atoms with Crippen LogP contribution in [0.2, 0.25) is 5.02 Å². The van der Waals surface area contributed by atoms with Crippen molar-refractivity contribution in [3.63, 3.8) is 0 Å². The quantitative estimate of drug-likeness (QED) is 0.448. The van der Waals surface area contributed by atoms with Gasteiger partial charge in [-0.1, -0.05) is 59.6 Å². The Bertz CT molecular complexity index is 1250. The first kappa shape index (κ1) is 21.8. The number of carbonyl (C=O) groups excluding carboxylic acids is 2. The van der Waals surface area contributed by atoms with Crippen LogP contribution in [-0.2, 0) is 9.59 Å². The number of imide groups is 1. The topological polar surface area (TPSA) is 40.6 Å². The third-order valence-electron chi connectivity index (χ3n) is 5.84. The lowest BCUT2D eigenvalue weighted by Crippen LogP contribution is -2.35. The second kappa shape index (κ2) is 8.64. The molecule has 32 heavy (non-hydrogen) atoms. The van der Waals surface area contributed by atoms with Gasteiger partial charge in [-0.05, 0) is 68.7 Å². The molecule has 0 saturated heterocycles. The minimum atomic E-state index is -0.346. The Hall–Kier alpha value is -3.37. The molecule has 1 heterocycles. The number of anilines is 2. The predicted molar refractivity (Wildman–Crippen MR) is 131 cm³/mol. The zero-order chi connectivity index (χ0) is 23.0. The van der Waals surface area contributed by atoms with Gasteiger partial charge in [0.1, 0.15) is 5.70 Å². The molecule has 3 aromatic rings. The van der Waals surface area contributed by atoms with Crippen LogP contribution in [0.1, 0.15) is 29.2 Å². The van der Waals surface area contributed by atoms with E-state index < -0.39 is 0 Å². The third kappa shape index (κ3) is 3.61. The molecule has 5 heteroatoms. The molecule has 2 amide bonds. The summed E-state index contributed by atoms with van der Waals surface area (Å²) in [5.74, 6) is -0.683. The van der Waals surface area contributed by atoms with Gasteiger partial charge in [0, 0.05) is 17.3 Å². The van der Waals surface area contributed by atoms with E-state index in [0.717, 1.165) is 22.4 Å². The van der Waals surface area contributed by atoms with Gasteiger partial charge < -0.3 is 4.90 Å². The number of amides is 2. The molecule has 162 valence electrons. The number of rotatable bonds is 5. The minimum Gasteiger partial charge on any atom is -0.337 e. The number of nitrogens with zero attached hydrogens (tertiary/aromatic N) is 2. The van der Waals surface area contributed by atoms with Crippen LogP contribution in [0.25, 0.3) is 5.57 Å². The molecule has 0 unspecified atom stereocenters. The molecular weight excluding hydrogens is 420 g/mol. The van der Waals surface area contributed by atoms with Crippen molar-refractivity contribution < 1.29 is 9.59 Å². The zero-order valence-electron chi connectivity index (χ0n) is 18.6. The third-order valence-corrected chi connectivity index (χ3v) is 6.25. The summed E-state index contributed by atoms with van der Waals surface area (Å²) in [5.41, 5.74) is 5.68. The number of halogens is 1. The van der Waals surface area contributed by atoms with Crippen LogP contribution in [0, 0.1) is 20.8 Å². The van der Waals surface area contributed by atoms with Crippen molar-refractivity contribution in [2.75, 3.05) is 16.3 Å². The molecule has 0 spiro atoms. The molecular formula is C27H25ClN2O2. The van der Waals surface area contributed by atoms with Gasteiger partial charge in [-0.15, -0.1) is 0 Å². The van der Waals surface area contributed by atoms with E-state index in [9.17, 15) is 9.59 Å². The van der Waals surface area contributed by atoms with Crippen LogP contribution in [0.4, 0.5) is 11.4 Å². The zero-order valence-corrected chi connectivity index (χ0v) is 19.4. The highest BCUT2D eigenvalue weighted by molar-refractivity contribution is 6.47. The summed E-state index contributed by atoms with van der Waals surface area (Å²) >= 11 is 6.33. The largest absolute Gasteiger partial charge is 0.337 e. The van der Waals surface area contributed by atoms with Crippen molar-refractivity contribution in [3.8, 4) is 0 Å². The molecule has 0 radical (unpaired) electrons. The molecule has 4 nitrogen and oxygen atoms in total. The van der Waals surface area contributed by atoms with E-state index in [1.165, 1.54) is 4.90 Å². The molecule has 0 bridgehead atoms. The van der Waals surface area contributed by atoms with Crippen LogP contribution in [0.3, 0.4) is 0 Å². The summed E-state index contributed by atoms with van der Waals surface area (Å²) in [5, 5.41) is 0.514. The van der Waals surface area contributed by atoms with Gasteiger partial charge in [0.2, 0.25) is 0 Å². The lowest BCUT2D eigenvalue weighted by Gasteiger charge is -2.25. The monoisotopic (exact) mass is 444 g/mol. The minimum absolute atomic E-state index is 0.336. The van der Waals surface area contributed by atoms with E-state index in [-0.39, 0.29) is 11.8 Å². The fourth-order valence-electron chi connectivity index (χ4n) is 4.24. The molecule has 0 N–H and O–H groups in total. The lowest BCUT2D eigenvalue weighted by atomic mass is 9.97. The van der Waals surface area contributed by atoms with Crippen molar-refractivity contribution in [1.29, 1.82) is 0 Å². The Labute approximate surface area is 193 Å². The second-order valence-electron chi connectivity index (χ2n) is 7.95. The Kier molecular flexibility index (Phi) is 5.90. The number of hydrogen-bond donors (Lipinski definition) is 0. The first-order chi connectivity index (χ1) is 15.3. The molecule has 0 atom stereocenters. The summed E-state index contributed by atoms with van der Waals surface area (Å²) in [4.78, 5) is 30.9. The number of likely N-dealkylation sites (N-methyl/N-ethyl adjacent to an activating group) is 1. The molecule has 0 aromatic heterocycles. The number of carbonyl (C=O) groups is 2. The van der Waals surface area contributed by atoms with Crippen LogP contribution in [0.5, 0.6) is 0 Å². The van der Waals surface area contributed by atoms with E-state index in [1.54, 1.807) is 18.2 Å². The summed E-state index contributed by atoms with van der Waals surface area (Å²) in [6.07, 6.45) is 0. The number of aryl methyl sites for hydroxylation is 2. The maximum atomic E-state index is 13.9. The Morgan fingerprint density at radius 2 is 1.59 bits per heavy atom. The summed E-state index contributed by atoms with van der Waals surface area (Å²) < 4.78 is 0. The van der Waals surface area contributed by atoms with Gasteiger partial charge in [0.25, 0.3) is 11.8 Å². The van der Waals surface area contributed by atoms with Crippen LogP contribution in [0.15, 0.2) is 72.4 Å². The van der Waals surface area contributed by atoms with E-state index >= 15 is 0 Å². The van der Waals surface area contributed by atoms with Crippen molar-refractivity contribution >= 4 is 40.4 Å². The first-order valence-corrected chi connectivity index (χ1v) is 11.0. The molecule has 0 saturated carbocycles. The predicted octanol–water partition coefficient (Wildman–Crippen LogP) is 6.08. The fourth-order valence-corrected chi connectivity index (χ4v) is 4.41. The van der Waals surface area contributed by atoms with E-state index in [1.807, 2.05) is 81.1 Å². The fraction of sp³-hybridized carbons (Fsp3) is 0.185. The maximum absolute atomic E-state index is 13.9. The normalized spacial score (nSPS) is 13.8. The summed E-state index contributed by atoms with van der Waals surface area (Å²) in [6, 6.07) is 20.9. The molecule has 0 aliphatic carbocycles. The summed E-state index contributed by atoms with van der Waals surface area (Å²) in [7, 11) is 0. The standard InChI is InChI=1S/C27H25ClN2O2/c1-5-29(20-10-7-6-8-11-20)25-24(21-15-14-17(2)16-18(21)3)26(31)30(27(25)32)23-13-9-12-22(28)19(23)4/h6-16H,5H2,1-4H3. The van der Waals surface area contributed by atoms with E-state index in [4.69, 9.17) is 11.6 Å². The van der Waals surface area contributed by atoms with Gasteiger partial charge in [-0.3, -0.25) is 9.59 Å². The Morgan fingerprint density at radius 1 is 0.875 bits per heavy atom. The van der Waals surface area contributed by atoms with Crippen molar-refractivity contribution in [1.82, 2.24) is 0 Å². The number of benzene rings is 3. The lowest BCUT2D eigenvalue weighted by molar-refractivity contribution is -0.120. The Morgan fingerprint density at radius 3 is 2.25 bits per heavy atom. The molecule has 3 aromatic carbocycles. The van der Waals surface area contributed by atoms with Gasteiger partial charge in [0.05, 0.1) is 11.3 Å². The molecule has 1 aliphatic heterocycles. The molecule has 4 rings (SSSR count). The van der Waals surface area contributed by atoms with Crippen LogP contribution < -0.4 is 9.80 Å². The number of hydrogen-bond acceptors (Lipinski definition) is 3. The Balaban J connectivity index is 1.97. The average Bonchev–Trinajstić information content (AvgIpc) is 3.02. The smallest absolute Gasteiger partial charge is 0.282 e. The van der Waals surface area contributed by atoms with Crippen molar-refractivity contribution in [3.05, 3.63) is 99.7 Å². The first-order valence-electron chi connectivity index (χ1n) is 10.6. The van der Waals surface area contributed by atoms with Crippen molar-refractivity contribution in [2.45, 2.75) is 27.7 Å². The highest BCUT2D eigenvalue weighted by atomic mass is 35.5. The highest BCUT2D eigenvalue weighted by Gasteiger charge is 2.43. The van der Waals surface area contributed by atoms with Gasteiger partial charge in [-0.25, -0.2) is 4.90 Å². The van der Waals surface area contributed by atoms with Gasteiger partial charge >= 0.3 is 0 Å². The SMILES string of the molecule is CCN(C1=C(c2ccc(C)cc2C)C(=O)N(c2cccc(Cl)c2C)C1=O)c1ccccc1. The molecule has 0 fully saturated rings. The summed E-state index contributed by atoms with van der Waals surface area (Å²) in [6.45, 7) is 8.32. The van der Waals surface area contributed by atoms with E-state index in [2.05, 4.69) is 0 Å². The van der Waals surface area contributed by atoms with Gasteiger partial charge in [-0.2, -0.15) is 0 Å². The highest BCUT2D eigenvalue weighted by Crippen LogP contribution is 2.39. The second-order valence-corrected chi connectivity index (χ2v) is 8.36. The van der Waals surface area contributed by atoms with Gasteiger partial charge in [0.15, 0.2) is 0 Å². The van der Waals surface area contributed by atoms with Crippen molar-refractivity contribution in [2.24, 2.45) is 0 Å². The average molecular weight is 445 g/mol. The maximum Gasteiger partial charge on any atom is 0.282 e.